The molecule has 1 saturated heterocycles. The summed E-state index contributed by atoms with van der Waals surface area (Å²) in [5, 5.41) is 1.96. The van der Waals surface area contributed by atoms with E-state index in [0.717, 1.165) is 54.6 Å². The van der Waals surface area contributed by atoms with Gasteiger partial charge in [-0.1, -0.05) is 0 Å². The molecular weight excluding hydrogens is 316 g/mol. The summed E-state index contributed by atoms with van der Waals surface area (Å²) >= 11 is 0. The van der Waals surface area contributed by atoms with Gasteiger partial charge < -0.3 is 15.4 Å². The third-order valence-electron chi connectivity index (χ3n) is 4.97. The van der Waals surface area contributed by atoms with Crippen LogP contribution in [0.4, 0.5) is 5.82 Å². The van der Waals surface area contributed by atoms with Gasteiger partial charge >= 0.3 is 0 Å². The summed E-state index contributed by atoms with van der Waals surface area (Å²) in [6, 6.07) is 3.84. The zero-order valence-corrected chi connectivity index (χ0v) is 14.4. The Hall–Kier alpha value is -2.54. The molecule has 7 heteroatoms. The maximum Gasteiger partial charge on any atom is 0.215 e. The van der Waals surface area contributed by atoms with Crippen LogP contribution in [0.15, 0.2) is 24.7 Å². The Balaban J connectivity index is 1.84. The van der Waals surface area contributed by atoms with Gasteiger partial charge in [0.2, 0.25) is 5.88 Å². The minimum atomic E-state index is 0.554. The second-order valence-corrected chi connectivity index (χ2v) is 6.46. The van der Waals surface area contributed by atoms with Gasteiger partial charge in [0.05, 0.1) is 24.2 Å². The molecule has 0 amide bonds. The van der Waals surface area contributed by atoms with Crippen LogP contribution in [-0.4, -0.2) is 46.7 Å². The smallest absolute Gasteiger partial charge is 0.215 e. The van der Waals surface area contributed by atoms with Gasteiger partial charge in [-0.3, -0.25) is 0 Å². The molecule has 25 heavy (non-hydrogen) atoms. The zero-order valence-electron chi connectivity index (χ0n) is 14.4. The first-order valence-corrected chi connectivity index (χ1v) is 8.69. The largest absolute Gasteiger partial charge is 0.481 e. The molecule has 0 saturated carbocycles. The molecule has 1 unspecified atom stereocenters. The van der Waals surface area contributed by atoms with E-state index in [-0.39, 0.29) is 0 Å². The fraction of sp³-hybridized carbons (Fsp3) is 0.444. The number of pyridine rings is 2. The summed E-state index contributed by atoms with van der Waals surface area (Å²) in [5.41, 5.74) is 7.36. The number of nitrogens with zero attached hydrogens (tertiary/aromatic N) is 5. The van der Waals surface area contributed by atoms with Crippen molar-refractivity contribution in [1.82, 2.24) is 19.9 Å². The van der Waals surface area contributed by atoms with Gasteiger partial charge in [-0.25, -0.2) is 15.0 Å². The molecule has 1 atom stereocenters. The molecule has 3 aromatic rings. The molecule has 0 spiro atoms. The SMILES string of the molecule is COc1ccc2c(ncc3ncnc(N4CCCC(CN)CC4)c32)n1. The van der Waals surface area contributed by atoms with Gasteiger partial charge in [-0.2, -0.15) is 4.98 Å². The monoisotopic (exact) mass is 338 g/mol. The van der Waals surface area contributed by atoms with Crippen molar-refractivity contribution in [3.8, 4) is 5.88 Å². The molecule has 130 valence electrons. The predicted molar refractivity (Wildman–Crippen MR) is 97.8 cm³/mol. The lowest BCUT2D eigenvalue weighted by molar-refractivity contribution is 0.399. The maximum atomic E-state index is 5.88. The normalized spacial score (nSPS) is 18.5. The van der Waals surface area contributed by atoms with Gasteiger partial charge in [-0.05, 0) is 37.8 Å². The lowest BCUT2D eigenvalue weighted by Gasteiger charge is -2.23. The minimum absolute atomic E-state index is 0.554. The number of anilines is 1. The van der Waals surface area contributed by atoms with Gasteiger partial charge in [0.15, 0.2) is 5.65 Å². The fourth-order valence-corrected chi connectivity index (χ4v) is 3.56. The van der Waals surface area contributed by atoms with Crippen LogP contribution in [0.5, 0.6) is 5.88 Å². The van der Waals surface area contributed by atoms with Crippen molar-refractivity contribution in [2.45, 2.75) is 19.3 Å². The lowest BCUT2D eigenvalue weighted by Crippen LogP contribution is -2.26. The quantitative estimate of drug-likeness (QED) is 0.732. The van der Waals surface area contributed by atoms with Crippen LogP contribution < -0.4 is 15.4 Å². The molecule has 0 bridgehead atoms. The van der Waals surface area contributed by atoms with E-state index in [0.29, 0.717) is 17.4 Å². The third-order valence-corrected chi connectivity index (χ3v) is 4.97. The first-order chi connectivity index (χ1) is 12.3. The Labute approximate surface area is 146 Å². The molecule has 1 aliphatic rings. The molecular formula is C18H22N6O. The molecule has 1 aliphatic heterocycles. The summed E-state index contributed by atoms with van der Waals surface area (Å²) in [6.45, 7) is 2.70. The van der Waals surface area contributed by atoms with Crippen molar-refractivity contribution in [2.24, 2.45) is 11.7 Å². The van der Waals surface area contributed by atoms with Crippen molar-refractivity contribution < 1.29 is 4.74 Å². The Morgan fingerprint density at radius 3 is 2.96 bits per heavy atom. The van der Waals surface area contributed by atoms with Crippen LogP contribution in [0, 0.1) is 5.92 Å². The summed E-state index contributed by atoms with van der Waals surface area (Å²) in [6.07, 6.45) is 6.78. The number of hydrogen-bond donors (Lipinski definition) is 1. The number of rotatable bonds is 3. The number of ether oxygens (including phenoxy) is 1. The molecule has 4 rings (SSSR count). The molecule has 2 N–H and O–H groups in total. The fourth-order valence-electron chi connectivity index (χ4n) is 3.56. The minimum Gasteiger partial charge on any atom is -0.481 e. The van der Waals surface area contributed by atoms with E-state index in [9.17, 15) is 0 Å². The van der Waals surface area contributed by atoms with E-state index in [4.69, 9.17) is 10.5 Å². The van der Waals surface area contributed by atoms with E-state index >= 15 is 0 Å². The highest BCUT2D eigenvalue weighted by atomic mass is 16.5. The summed E-state index contributed by atoms with van der Waals surface area (Å²) < 4.78 is 5.22. The molecule has 7 nitrogen and oxygen atoms in total. The molecule has 3 aromatic heterocycles. The van der Waals surface area contributed by atoms with Crippen LogP contribution in [0.2, 0.25) is 0 Å². The highest BCUT2D eigenvalue weighted by molar-refractivity contribution is 6.08. The second kappa shape index (κ2) is 6.76. The summed E-state index contributed by atoms with van der Waals surface area (Å²) in [4.78, 5) is 20.2. The van der Waals surface area contributed by atoms with Gasteiger partial charge in [0.1, 0.15) is 12.1 Å². The van der Waals surface area contributed by atoms with Crippen molar-refractivity contribution in [2.75, 3.05) is 31.6 Å². The Kier molecular flexibility index (Phi) is 4.31. The maximum absolute atomic E-state index is 5.88. The standard InChI is InChI=1S/C18H22N6O/c1-25-15-5-4-13-16-14(10-20-17(13)23-15)21-11-22-18(16)24-7-2-3-12(9-19)6-8-24/h4-5,10-12H,2-3,6-9,19H2,1H3. The number of fused-ring (bicyclic) bond motifs is 3. The van der Waals surface area contributed by atoms with Gasteiger partial charge in [0.25, 0.3) is 0 Å². The topological polar surface area (TPSA) is 90.1 Å². The second-order valence-electron chi connectivity index (χ2n) is 6.46. The molecule has 0 aliphatic carbocycles. The van der Waals surface area contributed by atoms with Crippen LogP contribution in [0.25, 0.3) is 21.9 Å². The van der Waals surface area contributed by atoms with Crippen molar-refractivity contribution in [3.63, 3.8) is 0 Å². The lowest BCUT2D eigenvalue weighted by atomic mass is 10.0. The first kappa shape index (κ1) is 16.0. The number of hydrogen-bond acceptors (Lipinski definition) is 7. The van der Waals surface area contributed by atoms with Gasteiger partial charge in [-0.15, -0.1) is 0 Å². The van der Waals surface area contributed by atoms with E-state index in [1.54, 1.807) is 19.6 Å². The average molecular weight is 338 g/mol. The molecule has 4 heterocycles. The van der Waals surface area contributed by atoms with Crippen LogP contribution >= 0.6 is 0 Å². The third kappa shape index (κ3) is 2.95. The number of methoxy groups -OCH3 is 1. The van der Waals surface area contributed by atoms with Gasteiger partial charge in [0, 0.05) is 24.5 Å². The van der Waals surface area contributed by atoms with Crippen LogP contribution in [-0.2, 0) is 0 Å². The number of aromatic nitrogens is 4. The summed E-state index contributed by atoms with van der Waals surface area (Å²) in [7, 11) is 1.61. The van der Waals surface area contributed by atoms with Crippen molar-refractivity contribution >= 4 is 27.8 Å². The predicted octanol–water partition coefficient (Wildman–Crippen LogP) is 2.15. The highest BCUT2D eigenvalue weighted by Gasteiger charge is 2.20. The van der Waals surface area contributed by atoms with E-state index in [1.807, 2.05) is 12.1 Å². The molecule has 1 fully saturated rings. The zero-order chi connectivity index (χ0) is 17.2. The summed E-state index contributed by atoms with van der Waals surface area (Å²) in [5.74, 6) is 2.11. The molecule has 0 radical (unpaired) electrons. The van der Waals surface area contributed by atoms with E-state index < -0.39 is 0 Å². The van der Waals surface area contributed by atoms with Crippen molar-refractivity contribution in [1.29, 1.82) is 0 Å². The molecule has 0 aromatic carbocycles. The average Bonchev–Trinajstić information content (AvgIpc) is 2.92. The Morgan fingerprint density at radius 1 is 1.20 bits per heavy atom. The Morgan fingerprint density at radius 2 is 2.12 bits per heavy atom. The van der Waals surface area contributed by atoms with Crippen LogP contribution in [0.3, 0.4) is 0 Å². The van der Waals surface area contributed by atoms with E-state index in [2.05, 4.69) is 24.8 Å². The Bertz CT molecular complexity index is 899. The highest BCUT2D eigenvalue weighted by Crippen LogP contribution is 2.31. The first-order valence-electron chi connectivity index (χ1n) is 8.69. The van der Waals surface area contributed by atoms with Crippen molar-refractivity contribution in [3.05, 3.63) is 24.7 Å². The van der Waals surface area contributed by atoms with Crippen LogP contribution in [0.1, 0.15) is 19.3 Å². The number of nitrogens with two attached hydrogens (primary N) is 1. The van der Waals surface area contributed by atoms with E-state index in [1.165, 1.54) is 6.42 Å².